The summed E-state index contributed by atoms with van der Waals surface area (Å²) >= 11 is 18.3. The lowest BCUT2D eigenvalue weighted by atomic mass is 10.1. The summed E-state index contributed by atoms with van der Waals surface area (Å²) in [4.78, 5) is 3.92. The van der Waals surface area contributed by atoms with E-state index in [0.717, 1.165) is 5.56 Å². The van der Waals surface area contributed by atoms with Crippen LogP contribution >= 0.6 is 47.2 Å². The van der Waals surface area contributed by atoms with Gasteiger partial charge in [0.25, 0.3) is 0 Å². The Morgan fingerprint density at radius 2 is 1.82 bits per heavy atom. The highest BCUT2D eigenvalue weighted by atomic mass is 35.5. The first kappa shape index (κ1) is 14.7. The van der Waals surface area contributed by atoms with Crippen molar-refractivity contribution in [3.8, 4) is 0 Å². The van der Waals surface area contributed by atoms with Gasteiger partial charge in [-0.05, 0) is 17.7 Å². The number of benzene rings is 1. The van der Waals surface area contributed by atoms with Crippen molar-refractivity contribution in [2.24, 2.45) is 0 Å². The van der Waals surface area contributed by atoms with Crippen LogP contribution in [0.15, 0.2) is 43.0 Å². The highest BCUT2D eigenvalue weighted by Gasteiger charge is 2.25. The smallest absolute Gasteiger partial charge is 0.199 e. The average Bonchev–Trinajstić information content (AvgIpc) is 2.75. The summed E-state index contributed by atoms with van der Waals surface area (Å²) in [7, 11) is 0. The van der Waals surface area contributed by atoms with Gasteiger partial charge in [0.05, 0.1) is 6.33 Å². The second-order valence-corrected chi connectivity index (χ2v) is 5.32. The molecule has 17 heavy (non-hydrogen) atoms. The van der Waals surface area contributed by atoms with Crippen molar-refractivity contribution in [1.29, 1.82) is 0 Å². The Bertz CT molecular complexity index is 451. The van der Waals surface area contributed by atoms with Gasteiger partial charge >= 0.3 is 0 Å². The molecule has 1 aromatic carbocycles. The van der Waals surface area contributed by atoms with E-state index in [2.05, 4.69) is 4.98 Å². The summed E-state index contributed by atoms with van der Waals surface area (Å²) in [5.41, 5.74) is 1.02. The summed E-state index contributed by atoms with van der Waals surface area (Å²) in [6.07, 6.45) is 5.46. The van der Waals surface area contributed by atoms with Crippen LogP contribution in [0, 0.1) is 0 Å². The molecule has 1 aromatic heterocycles. The maximum absolute atomic E-state index is 6.23. The van der Waals surface area contributed by atoms with Gasteiger partial charge in [-0.1, -0.05) is 46.9 Å². The van der Waals surface area contributed by atoms with Crippen LogP contribution in [0.1, 0.15) is 5.56 Å². The van der Waals surface area contributed by atoms with Gasteiger partial charge in [-0.25, -0.2) is 4.98 Å². The Hall–Kier alpha value is -0.410. The van der Waals surface area contributed by atoms with Gasteiger partial charge < -0.3 is 4.57 Å². The van der Waals surface area contributed by atoms with E-state index in [0.29, 0.717) is 11.4 Å². The highest BCUT2D eigenvalue weighted by molar-refractivity contribution is 6.46. The van der Waals surface area contributed by atoms with Crippen LogP contribution in [0.5, 0.6) is 0 Å². The SMILES string of the molecule is Cl.Clc1ccc(CC(Cl)(Cl)n2ccnc2)cc1. The minimum absolute atomic E-state index is 0. The second-order valence-electron chi connectivity index (χ2n) is 3.44. The number of hydrogen-bond acceptors (Lipinski definition) is 1. The maximum Gasteiger partial charge on any atom is 0.199 e. The largest absolute Gasteiger partial charge is 0.305 e. The van der Waals surface area contributed by atoms with E-state index in [1.165, 1.54) is 0 Å². The topological polar surface area (TPSA) is 17.8 Å². The van der Waals surface area contributed by atoms with Crippen molar-refractivity contribution >= 4 is 47.2 Å². The molecule has 0 saturated carbocycles. The summed E-state index contributed by atoms with van der Waals surface area (Å²) in [6.45, 7) is 0. The molecule has 0 spiro atoms. The normalized spacial score (nSPS) is 11.0. The summed E-state index contributed by atoms with van der Waals surface area (Å²) in [5, 5.41) is 0.695. The predicted molar refractivity (Wildman–Crippen MR) is 74.3 cm³/mol. The van der Waals surface area contributed by atoms with Gasteiger partial charge in [-0.3, -0.25) is 0 Å². The molecule has 0 N–H and O–H groups in total. The highest BCUT2D eigenvalue weighted by Crippen LogP contribution is 2.31. The molecular formula is C11H10Cl4N2. The van der Waals surface area contributed by atoms with Gasteiger partial charge in [-0.15, -0.1) is 12.4 Å². The van der Waals surface area contributed by atoms with Crippen LogP contribution in [0.4, 0.5) is 0 Å². The molecule has 6 heteroatoms. The fourth-order valence-electron chi connectivity index (χ4n) is 1.39. The molecule has 2 aromatic rings. The zero-order valence-electron chi connectivity index (χ0n) is 8.69. The number of halogens is 4. The van der Waals surface area contributed by atoms with Crippen LogP contribution < -0.4 is 0 Å². The minimum atomic E-state index is -1.02. The number of rotatable bonds is 3. The lowest BCUT2D eigenvalue weighted by molar-refractivity contribution is 0.593. The van der Waals surface area contributed by atoms with E-state index in [-0.39, 0.29) is 12.4 Å². The van der Waals surface area contributed by atoms with Crippen LogP contribution in [0.2, 0.25) is 5.02 Å². The van der Waals surface area contributed by atoms with Crippen molar-refractivity contribution in [2.45, 2.75) is 10.9 Å². The molecule has 0 fully saturated rings. The second kappa shape index (κ2) is 5.96. The molecule has 0 saturated heterocycles. The molecule has 92 valence electrons. The van der Waals surface area contributed by atoms with E-state index in [1.807, 2.05) is 24.3 Å². The van der Waals surface area contributed by atoms with Gasteiger partial charge in [0.1, 0.15) is 0 Å². The van der Waals surface area contributed by atoms with Crippen LogP contribution in [0.3, 0.4) is 0 Å². The van der Waals surface area contributed by atoms with Crippen LogP contribution in [-0.4, -0.2) is 9.55 Å². The summed E-state index contributed by atoms with van der Waals surface area (Å²) < 4.78 is 0.634. The van der Waals surface area contributed by atoms with Gasteiger partial charge in [-0.2, -0.15) is 0 Å². The van der Waals surface area contributed by atoms with E-state index in [9.17, 15) is 0 Å². The molecule has 2 rings (SSSR count). The molecule has 2 nitrogen and oxygen atoms in total. The molecule has 0 aliphatic carbocycles. The Morgan fingerprint density at radius 3 is 2.35 bits per heavy atom. The average molecular weight is 312 g/mol. The fraction of sp³-hybridized carbons (Fsp3) is 0.182. The zero-order chi connectivity index (χ0) is 11.6. The van der Waals surface area contributed by atoms with Gasteiger partial charge in [0.15, 0.2) is 4.46 Å². The number of hydrogen-bond donors (Lipinski definition) is 0. The lowest BCUT2D eigenvalue weighted by Gasteiger charge is -2.21. The standard InChI is InChI=1S/C11H9Cl3N2.ClH/c12-10-3-1-9(2-4-10)7-11(13,14)16-6-5-15-8-16;/h1-6,8H,7H2;1H. The Morgan fingerprint density at radius 1 is 1.18 bits per heavy atom. The molecule has 1 heterocycles. The van der Waals surface area contributed by atoms with E-state index >= 15 is 0 Å². The molecule has 0 atom stereocenters. The van der Waals surface area contributed by atoms with Crippen molar-refractivity contribution in [2.75, 3.05) is 0 Å². The van der Waals surface area contributed by atoms with Crippen molar-refractivity contribution in [3.05, 3.63) is 53.6 Å². The zero-order valence-corrected chi connectivity index (χ0v) is 11.8. The number of aromatic nitrogens is 2. The van der Waals surface area contributed by atoms with Gasteiger partial charge in [0.2, 0.25) is 0 Å². The first-order valence-corrected chi connectivity index (χ1v) is 5.82. The molecule has 0 aliphatic heterocycles. The molecule has 0 unspecified atom stereocenters. The van der Waals surface area contributed by atoms with Crippen molar-refractivity contribution in [1.82, 2.24) is 9.55 Å². The molecule has 0 bridgehead atoms. The Kier molecular flexibility index (Phi) is 5.14. The van der Waals surface area contributed by atoms with Crippen LogP contribution in [-0.2, 0) is 10.9 Å². The summed E-state index contributed by atoms with van der Waals surface area (Å²) in [6, 6.07) is 7.43. The molecule has 0 radical (unpaired) electrons. The third kappa shape index (κ3) is 3.78. The first-order valence-electron chi connectivity index (χ1n) is 4.69. The Balaban J connectivity index is 0.00000144. The molecule has 0 aliphatic rings. The third-order valence-corrected chi connectivity index (χ3v) is 3.12. The van der Waals surface area contributed by atoms with Crippen molar-refractivity contribution in [3.63, 3.8) is 0 Å². The van der Waals surface area contributed by atoms with E-state index in [4.69, 9.17) is 34.8 Å². The predicted octanol–water partition coefficient (Wildman–Crippen LogP) is 4.29. The number of nitrogens with zero attached hydrogens (tertiary/aromatic N) is 2. The third-order valence-electron chi connectivity index (χ3n) is 2.21. The first-order chi connectivity index (χ1) is 7.58. The quantitative estimate of drug-likeness (QED) is 0.773. The maximum atomic E-state index is 6.23. The number of alkyl halides is 2. The van der Waals surface area contributed by atoms with Gasteiger partial charge in [0, 0.05) is 23.8 Å². The lowest BCUT2D eigenvalue weighted by Crippen LogP contribution is -2.21. The minimum Gasteiger partial charge on any atom is -0.305 e. The van der Waals surface area contributed by atoms with Crippen molar-refractivity contribution < 1.29 is 0 Å². The number of imidazole rings is 1. The van der Waals surface area contributed by atoms with E-state index < -0.39 is 4.46 Å². The summed E-state index contributed by atoms with van der Waals surface area (Å²) in [5.74, 6) is 0. The van der Waals surface area contributed by atoms with E-state index in [1.54, 1.807) is 23.3 Å². The monoisotopic (exact) mass is 310 g/mol. The Labute approximate surface area is 121 Å². The fourth-order valence-corrected chi connectivity index (χ4v) is 2.03. The molecule has 0 amide bonds. The van der Waals surface area contributed by atoms with Crippen LogP contribution in [0.25, 0.3) is 0 Å². The molecular weight excluding hydrogens is 302 g/mol.